The van der Waals surface area contributed by atoms with E-state index in [9.17, 15) is 9.59 Å². The first kappa shape index (κ1) is 22.8. The summed E-state index contributed by atoms with van der Waals surface area (Å²) in [5.74, 6) is 0.676. The molecule has 0 heterocycles. The molecule has 0 unspecified atom stereocenters. The summed E-state index contributed by atoms with van der Waals surface area (Å²) in [5, 5.41) is 3.04. The average molecular weight is 398 g/mol. The molecule has 0 saturated carbocycles. The normalized spacial score (nSPS) is 11.1. The SMILES string of the molecule is COc1cc(/C=C/C(=O)NCCC(=O)OC(C)C)cc(Cl)c1OCC(C)C. The Hall–Kier alpha value is -2.21. The largest absolute Gasteiger partial charge is 0.493 e. The van der Waals surface area contributed by atoms with Crippen LogP contribution in [-0.2, 0) is 14.3 Å². The number of rotatable bonds is 10. The molecule has 0 fully saturated rings. The molecule has 150 valence electrons. The van der Waals surface area contributed by atoms with Crippen LogP contribution in [0.25, 0.3) is 6.08 Å². The summed E-state index contributed by atoms with van der Waals surface area (Å²) < 4.78 is 16.0. The molecular weight excluding hydrogens is 370 g/mol. The smallest absolute Gasteiger partial charge is 0.307 e. The number of esters is 1. The second-order valence-corrected chi connectivity index (χ2v) is 7.06. The molecule has 1 aromatic rings. The minimum absolute atomic E-state index is 0.124. The van der Waals surface area contributed by atoms with Gasteiger partial charge in [-0.1, -0.05) is 25.4 Å². The Balaban J connectivity index is 2.65. The minimum atomic E-state index is -0.345. The van der Waals surface area contributed by atoms with Gasteiger partial charge in [-0.15, -0.1) is 0 Å². The van der Waals surface area contributed by atoms with Gasteiger partial charge in [0.25, 0.3) is 0 Å². The second kappa shape index (κ2) is 11.5. The maximum absolute atomic E-state index is 11.9. The van der Waals surface area contributed by atoms with E-state index < -0.39 is 0 Å². The number of hydrogen-bond acceptors (Lipinski definition) is 5. The Bertz CT molecular complexity index is 671. The summed E-state index contributed by atoms with van der Waals surface area (Å²) in [6, 6.07) is 3.44. The quantitative estimate of drug-likeness (QED) is 0.479. The van der Waals surface area contributed by atoms with E-state index in [1.165, 1.54) is 13.2 Å². The number of nitrogens with one attached hydrogen (secondary N) is 1. The third-order valence-electron chi connectivity index (χ3n) is 3.24. The molecule has 0 aliphatic carbocycles. The van der Waals surface area contributed by atoms with E-state index in [1.54, 1.807) is 32.1 Å². The van der Waals surface area contributed by atoms with Gasteiger partial charge in [0.05, 0.1) is 31.3 Å². The van der Waals surface area contributed by atoms with E-state index >= 15 is 0 Å². The van der Waals surface area contributed by atoms with Crippen molar-refractivity contribution in [3.63, 3.8) is 0 Å². The summed E-state index contributed by atoms with van der Waals surface area (Å²) in [6.45, 7) is 8.36. The number of ether oxygens (including phenoxy) is 3. The fraction of sp³-hybridized carbons (Fsp3) is 0.500. The van der Waals surface area contributed by atoms with Gasteiger partial charge in [0.15, 0.2) is 11.5 Å². The second-order valence-electron chi connectivity index (χ2n) is 6.65. The van der Waals surface area contributed by atoms with Crippen LogP contribution < -0.4 is 14.8 Å². The molecule has 0 aliphatic rings. The maximum Gasteiger partial charge on any atom is 0.307 e. The molecule has 0 atom stereocenters. The van der Waals surface area contributed by atoms with Crippen LogP contribution in [0.5, 0.6) is 11.5 Å². The Morgan fingerprint density at radius 2 is 1.93 bits per heavy atom. The molecule has 1 N–H and O–H groups in total. The van der Waals surface area contributed by atoms with Crippen LogP contribution in [0.15, 0.2) is 18.2 Å². The van der Waals surface area contributed by atoms with Crippen LogP contribution >= 0.6 is 11.6 Å². The molecular formula is C20H28ClNO5. The molecule has 0 bridgehead atoms. The number of carbonyl (C=O) groups is 2. The van der Waals surface area contributed by atoms with Crippen molar-refractivity contribution >= 4 is 29.6 Å². The third kappa shape index (κ3) is 8.82. The highest BCUT2D eigenvalue weighted by atomic mass is 35.5. The van der Waals surface area contributed by atoms with Gasteiger partial charge in [-0.05, 0) is 43.5 Å². The van der Waals surface area contributed by atoms with Crippen LogP contribution in [-0.4, -0.2) is 38.2 Å². The highest BCUT2D eigenvalue weighted by Crippen LogP contribution is 2.37. The van der Waals surface area contributed by atoms with Crippen molar-refractivity contribution in [2.45, 2.75) is 40.2 Å². The first-order valence-electron chi connectivity index (χ1n) is 8.88. The van der Waals surface area contributed by atoms with E-state index in [4.69, 9.17) is 25.8 Å². The van der Waals surface area contributed by atoms with E-state index in [0.717, 1.165) is 0 Å². The van der Waals surface area contributed by atoms with Gasteiger partial charge in [0.1, 0.15) is 0 Å². The summed E-state index contributed by atoms with van der Waals surface area (Å²) in [4.78, 5) is 23.3. The van der Waals surface area contributed by atoms with Crippen LogP contribution in [0.3, 0.4) is 0 Å². The zero-order valence-electron chi connectivity index (χ0n) is 16.5. The molecule has 27 heavy (non-hydrogen) atoms. The lowest BCUT2D eigenvalue weighted by molar-refractivity contribution is -0.147. The van der Waals surface area contributed by atoms with E-state index in [0.29, 0.717) is 34.6 Å². The lowest BCUT2D eigenvalue weighted by atomic mass is 10.1. The van der Waals surface area contributed by atoms with Crippen molar-refractivity contribution in [1.29, 1.82) is 0 Å². The zero-order valence-corrected chi connectivity index (χ0v) is 17.3. The molecule has 0 aromatic heterocycles. The third-order valence-corrected chi connectivity index (χ3v) is 3.52. The number of hydrogen-bond donors (Lipinski definition) is 1. The molecule has 0 spiro atoms. The van der Waals surface area contributed by atoms with Gasteiger partial charge in [0.2, 0.25) is 5.91 Å². The topological polar surface area (TPSA) is 73.9 Å². The predicted molar refractivity (Wildman–Crippen MR) is 106 cm³/mol. The van der Waals surface area contributed by atoms with Gasteiger partial charge in [0, 0.05) is 12.6 Å². The predicted octanol–water partition coefficient (Wildman–Crippen LogP) is 3.85. The fourth-order valence-electron chi connectivity index (χ4n) is 2.07. The first-order valence-corrected chi connectivity index (χ1v) is 9.26. The lowest BCUT2D eigenvalue weighted by Gasteiger charge is -2.14. The minimum Gasteiger partial charge on any atom is -0.493 e. The Morgan fingerprint density at radius 3 is 2.52 bits per heavy atom. The summed E-state index contributed by atoms with van der Waals surface area (Å²) in [6.07, 6.45) is 2.94. The highest BCUT2D eigenvalue weighted by Gasteiger charge is 2.12. The number of halogens is 1. The van der Waals surface area contributed by atoms with Gasteiger partial charge < -0.3 is 19.5 Å². The molecule has 7 heteroatoms. The number of amides is 1. The maximum atomic E-state index is 11.9. The van der Waals surface area contributed by atoms with Gasteiger partial charge >= 0.3 is 5.97 Å². The highest BCUT2D eigenvalue weighted by molar-refractivity contribution is 6.32. The van der Waals surface area contributed by atoms with E-state index in [-0.39, 0.29) is 30.9 Å². The molecule has 1 rings (SSSR count). The molecule has 1 aromatic carbocycles. The van der Waals surface area contributed by atoms with Crippen molar-refractivity contribution in [3.8, 4) is 11.5 Å². The monoisotopic (exact) mass is 397 g/mol. The lowest BCUT2D eigenvalue weighted by Crippen LogP contribution is -2.25. The van der Waals surface area contributed by atoms with Crippen molar-refractivity contribution in [2.75, 3.05) is 20.3 Å². The summed E-state index contributed by atoms with van der Waals surface area (Å²) in [5.41, 5.74) is 0.697. The zero-order chi connectivity index (χ0) is 20.4. The Labute approximate surface area is 165 Å². The van der Waals surface area contributed by atoms with Crippen LogP contribution in [0.2, 0.25) is 5.02 Å². The molecule has 0 aliphatic heterocycles. The van der Waals surface area contributed by atoms with Crippen LogP contribution in [0, 0.1) is 5.92 Å². The standard InChI is InChI=1S/C20H28ClNO5/c1-13(2)12-26-20-16(21)10-15(11-17(20)25-5)6-7-18(23)22-9-8-19(24)27-14(3)4/h6-7,10-11,13-14H,8-9,12H2,1-5H3,(H,22,23)/b7-6+. The number of benzene rings is 1. The van der Waals surface area contributed by atoms with Gasteiger partial charge in [-0.3, -0.25) is 9.59 Å². The number of methoxy groups -OCH3 is 1. The number of carbonyl (C=O) groups excluding carboxylic acids is 2. The molecule has 1 amide bonds. The van der Waals surface area contributed by atoms with Crippen molar-refractivity contribution in [2.24, 2.45) is 5.92 Å². The van der Waals surface area contributed by atoms with Gasteiger partial charge in [-0.2, -0.15) is 0 Å². The van der Waals surface area contributed by atoms with Crippen molar-refractivity contribution in [1.82, 2.24) is 5.32 Å². The van der Waals surface area contributed by atoms with E-state index in [2.05, 4.69) is 5.32 Å². The molecule has 6 nitrogen and oxygen atoms in total. The van der Waals surface area contributed by atoms with Gasteiger partial charge in [-0.25, -0.2) is 0 Å². The molecule has 0 radical (unpaired) electrons. The Kier molecular flexibility index (Phi) is 9.72. The molecule has 0 saturated heterocycles. The van der Waals surface area contributed by atoms with Crippen LogP contribution in [0.1, 0.15) is 39.7 Å². The summed E-state index contributed by atoms with van der Waals surface area (Å²) >= 11 is 6.28. The fourth-order valence-corrected chi connectivity index (χ4v) is 2.34. The van der Waals surface area contributed by atoms with E-state index in [1.807, 2.05) is 13.8 Å². The van der Waals surface area contributed by atoms with Crippen molar-refractivity contribution in [3.05, 3.63) is 28.8 Å². The first-order chi connectivity index (χ1) is 12.7. The van der Waals surface area contributed by atoms with Crippen molar-refractivity contribution < 1.29 is 23.8 Å². The van der Waals surface area contributed by atoms with Crippen LogP contribution in [0.4, 0.5) is 0 Å². The average Bonchev–Trinajstić information content (AvgIpc) is 2.57. The Morgan fingerprint density at radius 1 is 1.22 bits per heavy atom. The summed E-state index contributed by atoms with van der Waals surface area (Å²) in [7, 11) is 1.53.